The Morgan fingerprint density at radius 1 is 1.00 bits per heavy atom. The second-order valence-electron chi connectivity index (χ2n) is 9.18. The number of ether oxygens (including phenoxy) is 2. The highest BCUT2D eigenvalue weighted by Crippen LogP contribution is 2.44. The average Bonchev–Trinajstić information content (AvgIpc) is 3.28. The van der Waals surface area contributed by atoms with Gasteiger partial charge in [0.15, 0.2) is 5.11 Å². The number of piperazine rings is 1. The Morgan fingerprint density at radius 3 is 2.26 bits per heavy atom. The van der Waals surface area contributed by atoms with Gasteiger partial charge in [-0.3, -0.25) is 15.4 Å². The summed E-state index contributed by atoms with van der Waals surface area (Å²) in [7, 11) is 1.26. The Kier molecular flexibility index (Phi) is 7.42. The summed E-state index contributed by atoms with van der Waals surface area (Å²) in [5.74, 6) is -0.660. The van der Waals surface area contributed by atoms with Crippen molar-refractivity contribution < 1.29 is 24.0 Å². The number of carbonyl (C=O) groups is 2. The molecule has 0 saturated carbocycles. The van der Waals surface area contributed by atoms with Gasteiger partial charge in [0.05, 0.1) is 18.6 Å². The van der Waals surface area contributed by atoms with E-state index in [-0.39, 0.29) is 36.4 Å². The summed E-state index contributed by atoms with van der Waals surface area (Å²) in [5.41, 5.74) is 4.65. The topological polar surface area (TPSA) is 114 Å². The van der Waals surface area contributed by atoms with Crippen molar-refractivity contribution in [3.8, 4) is 11.1 Å². The van der Waals surface area contributed by atoms with Crippen molar-refractivity contribution in [2.45, 2.75) is 12.0 Å². The lowest BCUT2D eigenvalue weighted by Crippen LogP contribution is -2.60. The molecule has 1 heterocycles. The van der Waals surface area contributed by atoms with Crippen molar-refractivity contribution >= 4 is 40.8 Å². The Bertz CT molecular complexity index is 1400. The molecule has 1 N–H and O–H groups in total. The van der Waals surface area contributed by atoms with Crippen molar-refractivity contribution in [3.63, 3.8) is 0 Å². The summed E-state index contributed by atoms with van der Waals surface area (Å²) in [6, 6.07) is 21.5. The molecule has 0 radical (unpaired) electrons. The van der Waals surface area contributed by atoms with E-state index >= 15 is 0 Å². The van der Waals surface area contributed by atoms with Gasteiger partial charge in [-0.25, -0.2) is 9.59 Å². The van der Waals surface area contributed by atoms with Gasteiger partial charge in [0.25, 0.3) is 5.69 Å². The number of methoxy groups -OCH3 is 1. The first-order valence-electron chi connectivity index (χ1n) is 12.4. The number of fused-ring (bicyclic) bond motifs is 3. The van der Waals surface area contributed by atoms with Crippen LogP contribution in [0.15, 0.2) is 72.8 Å². The number of hydrogen-bond donors (Lipinski definition) is 1. The maximum Gasteiger partial charge on any atom is 0.413 e. The summed E-state index contributed by atoms with van der Waals surface area (Å²) < 4.78 is 10.6. The van der Waals surface area contributed by atoms with Crippen LogP contribution < -0.4 is 10.2 Å². The zero-order chi connectivity index (χ0) is 27.5. The Labute approximate surface area is 230 Å². The lowest BCUT2D eigenvalue weighted by atomic mass is 9.98. The largest absolute Gasteiger partial charge is 0.467 e. The molecule has 1 aliphatic carbocycles. The molecule has 5 rings (SSSR count). The Balaban J connectivity index is 1.24. The number of esters is 1. The van der Waals surface area contributed by atoms with Gasteiger partial charge in [-0.1, -0.05) is 60.7 Å². The molecule has 1 fully saturated rings. The maximum absolute atomic E-state index is 12.7. The van der Waals surface area contributed by atoms with Crippen LogP contribution in [-0.4, -0.2) is 66.4 Å². The second-order valence-corrected chi connectivity index (χ2v) is 9.57. The molecule has 0 bridgehead atoms. The molecule has 3 aromatic carbocycles. The predicted octanol–water partition coefficient (Wildman–Crippen LogP) is 4.08. The lowest BCUT2D eigenvalue weighted by Gasteiger charge is -2.41. The number of hydrogen-bond acceptors (Lipinski definition) is 8. The number of nitro groups is 1. The fraction of sp³-hybridized carbons (Fsp3) is 0.250. The van der Waals surface area contributed by atoms with Gasteiger partial charge >= 0.3 is 12.1 Å². The quantitative estimate of drug-likeness (QED) is 0.219. The first-order chi connectivity index (χ1) is 18.9. The van der Waals surface area contributed by atoms with Gasteiger partial charge in [-0.05, 0) is 40.5 Å². The molecule has 39 heavy (non-hydrogen) atoms. The van der Waals surface area contributed by atoms with Gasteiger partial charge in [0.2, 0.25) is 0 Å². The van der Waals surface area contributed by atoms with Crippen LogP contribution in [0.3, 0.4) is 0 Å². The third-order valence-electron chi connectivity index (χ3n) is 7.08. The number of anilines is 1. The molecule has 2 aliphatic rings. The molecule has 1 amide bonds. The van der Waals surface area contributed by atoms with E-state index in [1.807, 2.05) is 36.4 Å². The van der Waals surface area contributed by atoms with Crippen LogP contribution in [-0.2, 0) is 14.3 Å². The minimum absolute atomic E-state index is 0.0706. The summed E-state index contributed by atoms with van der Waals surface area (Å²) in [4.78, 5) is 39.8. The molecular weight excluding hydrogens is 520 g/mol. The first-order valence-corrected chi connectivity index (χ1v) is 12.8. The monoisotopic (exact) mass is 546 g/mol. The van der Waals surface area contributed by atoms with Crippen molar-refractivity contribution in [3.05, 3.63) is 94.0 Å². The SMILES string of the molecule is COC(=O)C1CN(C(=S)NC(=O)OCC2c3ccccc3-c3ccccc32)CCN1c1ccccc1[N+](=O)[O-]. The summed E-state index contributed by atoms with van der Waals surface area (Å²) in [6.45, 7) is 0.777. The maximum atomic E-state index is 12.7. The standard InChI is InChI=1S/C28H26N4O6S/c1-37-26(33)25-16-30(14-15-31(25)23-12-6-7-13-24(23)32(35)36)27(39)29-28(34)38-17-22-20-10-4-2-8-18(20)19-9-3-5-11-21(19)22/h2-13,22,25H,14-17H2,1H3,(H,29,34,39). The van der Waals surface area contributed by atoms with Crippen LogP contribution >= 0.6 is 12.2 Å². The zero-order valence-electron chi connectivity index (χ0n) is 21.1. The third-order valence-corrected chi connectivity index (χ3v) is 7.44. The molecule has 10 nitrogen and oxygen atoms in total. The number of benzene rings is 3. The average molecular weight is 547 g/mol. The highest BCUT2D eigenvalue weighted by atomic mass is 32.1. The number of nitro benzene ring substituents is 1. The van der Waals surface area contributed by atoms with Crippen molar-refractivity contribution in [2.24, 2.45) is 0 Å². The van der Waals surface area contributed by atoms with Crippen LogP contribution in [0.5, 0.6) is 0 Å². The summed E-state index contributed by atoms with van der Waals surface area (Å²) in [6.07, 6.45) is -0.697. The fourth-order valence-corrected chi connectivity index (χ4v) is 5.50. The molecule has 0 spiro atoms. The number of alkyl carbamates (subject to hydrolysis) is 1. The zero-order valence-corrected chi connectivity index (χ0v) is 21.9. The molecule has 3 aromatic rings. The van der Waals surface area contributed by atoms with E-state index < -0.39 is 23.0 Å². The minimum Gasteiger partial charge on any atom is -0.467 e. The normalized spacial score (nSPS) is 16.2. The van der Waals surface area contributed by atoms with Gasteiger partial charge < -0.3 is 19.3 Å². The predicted molar refractivity (Wildman–Crippen MR) is 149 cm³/mol. The van der Waals surface area contributed by atoms with Crippen LogP contribution in [0.2, 0.25) is 0 Å². The summed E-state index contributed by atoms with van der Waals surface area (Å²) >= 11 is 5.46. The molecule has 200 valence electrons. The van der Waals surface area contributed by atoms with Crippen LogP contribution in [0.25, 0.3) is 11.1 Å². The number of amides is 1. The number of thiocarbonyl (C=S) groups is 1. The van der Waals surface area contributed by atoms with E-state index in [9.17, 15) is 19.7 Å². The van der Waals surface area contributed by atoms with E-state index in [1.165, 1.54) is 13.2 Å². The van der Waals surface area contributed by atoms with Crippen molar-refractivity contribution in [1.29, 1.82) is 0 Å². The fourth-order valence-electron chi connectivity index (χ4n) is 5.26. The van der Waals surface area contributed by atoms with E-state index in [0.717, 1.165) is 22.3 Å². The van der Waals surface area contributed by atoms with E-state index in [0.29, 0.717) is 12.2 Å². The van der Waals surface area contributed by atoms with E-state index in [1.54, 1.807) is 28.0 Å². The minimum atomic E-state index is -0.868. The van der Waals surface area contributed by atoms with Gasteiger partial charge in [-0.15, -0.1) is 0 Å². The van der Waals surface area contributed by atoms with Crippen LogP contribution in [0, 0.1) is 10.1 Å². The Hall–Kier alpha value is -4.51. The second kappa shape index (κ2) is 11.1. The Morgan fingerprint density at radius 2 is 1.62 bits per heavy atom. The van der Waals surface area contributed by atoms with Gasteiger partial charge in [0.1, 0.15) is 18.3 Å². The summed E-state index contributed by atoms with van der Waals surface area (Å²) in [5, 5.41) is 14.3. The number of para-hydroxylation sites is 2. The van der Waals surface area contributed by atoms with Crippen LogP contribution in [0.4, 0.5) is 16.2 Å². The third kappa shape index (κ3) is 5.13. The molecule has 1 unspecified atom stereocenters. The van der Waals surface area contributed by atoms with Crippen molar-refractivity contribution in [1.82, 2.24) is 10.2 Å². The van der Waals surface area contributed by atoms with Crippen LogP contribution in [0.1, 0.15) is 17.0 Å². The highest BCUT2D eigenvalue weighted by Gasteiger charge is 2.37. The van der Waals surface area contributed by atoms with Gasteiger partial charge in [-0.2, -0.15) is 0 Å². The first kappa shape index (κ1) is 26.1. The molecular formula is C28H26N4O6S. The number of carbonyl (C=O) groups excluding carboxylic acids is 2. The number of nitrogens with one attached hydrogen (secondary N) is 1. The lowest BCUT2D eigenvalue weighted by molar-refractivity contribution is -0.384. The molecule has 0 aromatic heterocycles. The smallest absolute Gasteiger partial charge is 0.413 e. The number of nitrogens with zero attached hydrogens (tertiary/aromatic N) is 3. The van der Waals surface area contributed by atoms with Gasteiger partial charge in [0, 0.05) is 25.1 Å². The molecule has 1 atom stereocenters. The molecule has 1 aliphatic heterocycles. The highest BCUT2D eigenvalue weighted by molar-refractivity contribution is 7.80. The molecule has 11 heteroatoms. The van der Waals surface area contributed by atoms with E-state index in [2.05, 4.69) is 17.4 Å². The van der Waals surface area contributed by atoms with Crippen molar-refractivity contribution in [2.75, 3.05) is 38.3 Å². The van der Waals surface area contributed by atoms with E-state index in [4.69, 9.17) is 21.7 Å². The molecule has 1 saturated heterocycles. The number of rotatable bonds is 5.